The molecule has 4 nitrogen and oxygen atoms in total. The average molecular weight is 255 g/mol. The molecule has 1 unspecified atom stereocenters. The van der Waals surface area contributed by atoms with Gasteiger partial charge >= 0.3 is 6.03 Å². The minimum Gasteiger partial charge on any atom is -0.379 e. The smallest absolute Gasteiger partial charge is 0.319 e. The molecule has 1 fully saturated rings. The number of halogens is 1. The lowest BCUT2D eigenvalue weighted by molar-refractivity contribution is 0.189. The molecule has 0 radical (unpaired) electrons. The lowest BCUT2D eigenvalue weighted by atomic mass is 10.2. The first-order valence-electron chi connectivity index (χ1n) is 5.56. The van der Waals surface area contributed by atoms with Gasteiger partial charge in [0.1, 0.15) is 0 Å². The van der Waals surface area contributed by atoms with Gasteiger partial charge in [0.25, 0.3) is 0 Å². The molecule has 1 heterocycles. The van der Waals surface area contributed by atoms with Crippen molar-refractivity contribution in [1.29, 1.82) is 0 Å². The second kappa shape index (κ2) is 5.38. The zero-order chi connectivity index (χ0) is 12.3. The van der Waals surface area contributed by atoms with Gasteiger partial charge in [0.05, 0.1) is 23.4 Å². The summed E-state index contributed by atoms with van der Waals surface area (Å²) in [4.78, 5) is 11.7. The summed E-state index contributed by atoms with van der Waals surface area (Å²) in [6.07, 6.45) is 0.856. The highest BCUT2D eigenvalue weighted by Crippen LogP contribution is 2.22. The second-order valence-electron chi connectivity index (χ2n) is 4.14. The van der Waals surface area contributed by atoms with E-state index in [9.17, 15) is 4.79 Å². The van der Waals surface area contributed by atoms with E-state index in [0.717, 1.165) is 12.0 Å². The number of aryl methyl sites for hydroxylation is 1. The molecule has 2 rings (SSSR count). The number of anilines is 1. The van der Waals surface area contributed by atoms with Crippen LogP contribution >= 0.6 is 11.6 Å². The number of carbonyl (C=O) groups excluding carboxylic acids is 1. The number of amides is 2. The molecule has 0 spiro atoms. The summed E-state index contributed by atoms with van der Waals surface area (Å²) in [6, 6.07) is 5.36. The maximum atomic E-state index is 11.7. The molecule has 17 heavy (non-hydrogen) atoms. The molecular formula is C12H15ClN2O2. The number of hydrogen-bond donors (Lipinski definition) is 2. The van der Waals surface area contributed by atoms with Crippen LogP contribution in [0.1, 0.15) is 12.0 Å². The molecule has 0 saturated carbocycles. The number of ether oxygens (including phenoxy) is 1. The molecular weight excluding hydrogens is 240 g/mol. The second-order valence-corrected chi connectivity index (χ2v) is 4.55. The fraction of sp³-hybridized carbons (Fsp3) is 0.417. The Kier molecular flexibility index (Phi) is 3.86. The summed E-state index contributed by atoms with van der Waals surface area (Å²) >= 11 is 6.02. The van der Waals surface area contributed by atoms with Crippen molar-refractivity contribution < 1.29 is 9.53 Å². The molecule has 92 valence electrons. The van der Waals surface area contributed by atoms with Gasteiger partial charge in [0.15, 0.2) is 0 Å². The van der Waals surface area contributed by atoms with Crippen molar-refractivity contribution in [2.24, 2.45) is 0 Å². The van der Waals surface area contributed by atoms with E-state index >= 15 is 0 Å². The highest BCUT2D eigenvalue weighted by molar-refractivity contribution is 6.33. The highest BCUT2D eigenvalue weighted by atomic mass is 35.5. The molecule has 1 aliphatic heterocycles. The van der Waals surface area contributed by atoms with Crippen LogP contribution in [0.3, 0.4) is 0 Å². The van der Waals surface area contributed by atoms with Gasteiger partial charge < -0.3 is 15.4 Å². The van der Waals surface area contributed by atoms with Gasteiger partial charge in [0.2, 0.25) is 0 Å². The van der Waals surface area contributed by atoms with Crippen LogP contribution in [0.2, 0.25) is 5.02 Å². The Hall–Kier alpha value is -1.26. The molecule has 2 amide bonds. The van der Waals surface area contributed by atoms with Crippen LogP contribution in [0, 0.1) is 6.92 Å². The fourth-order valence-corrected chi connectivity index (χ4v) is 2.00. The van der Waals surface area contributed by atoms with Crippen LogP contribution in [0.15, 0.2) is 18.2 Å². The van der Waals surface area contributed by atoms with Crippen molar-refractivity contribution in [2.45, 2.75) is 19.4 Å². The number of benzene rings is 1. The van der Waals surface area contributed by atoms with E-state index in [-0.39, 0.29) is 12.1 Å². The Morgan fingerprint density at radius 2 is 2.35 bits per heavy atom. The number of urea groups is 1. The molecule has 1 aromatic rings. The minimum absolute atomic E-state index is 0.0965. The normalized spacial score (nSPS) is 19.1. The Balaban J connectivity index is 1.93. The van der Waals surface area contributed by atoms with Crippen molar-refractivity contribution >= 4 is 23.3 Å². The average Bonchev–Trinajstić information content (AvgIpc) is 2.75. The third-order valence-corrected chi connectivity index (χ3v) is 2.95. The Morgan fingerprint density at radius 3 is 3.00 bits per heavy atom. The van der Waals surface area contributed by atoms with Crippen molar-refractivity contribution in [2.75, 3.05) is 18.5 Å². The summed E-state index contributed by atoms with van der Waals surface area (Å²) in [5.41, 5.74) is 1.68. The Labute approximate surface area is 105 Å². The maximum Gasteiger partial charge on any atom is 0.319 e. The van der Waals surface area contributed by atoms with Crippen LogP contribution in [-0.2, 0) is 4.74 Å². The number of nitrogens with one attached hydrogen (secondary N) is 2. The van der Waals surface area contributed by atoms with Crippen molar-refractivity contribution in [3.8, 4) is 0 Å². The molecule has 1 aliphatic rings. The van der Waals surface area contributed by atoms with Gasteiger partial charge in [-0.25, -0.2) is 4.79 Å². The maximum absolute atomic E-state index is 11.7. The third kappa shape index (κ3) is 3.35. The van der Waals surface area contributed by atoms with Crippen LogP contribution in [-0.4, -0.2) is 25.3 Å². The van der Waals surface area contributed by atoms with Gasteiger partial charge in [-0.05, 0) is 31.0 Å². The largest absolute Gasteiger partial charge is 0.379 e. The first-order valence-corrected chi connectivity index (χ1v) is 5.94. The molecule has 1 saturated heterocycles. The zero-order valence-electron chi connectivity index (χ0n) is 9.63. The van der Waals surface area contributed by atoms with Crippen LogP contribution in [0.5, 0.6) is 0 Å². The first kappa shape index (κ1) is 12.2. The predicted octanol–water partition coefficient (Wildman–Crippen LogP) is 2.56. The van der Waals surface area contributed by atoms with E-state index in [4.69, 9.17) is 16.3 Å². The molecule has 1 aromatic carbocycles. The quantitative estimate of drug-likeness (QED) is 0.852. The van der Waals surface area contributed by atoms with Gasteiger partial charge in [-0.15, -0.1) is 0 Å². The number of hydrogen-bond acceptors (Lipinski definition) is 2. The molecule has 5 heteroatoms. The van der Waals surface area contributed by atoms with E-state index in [1.807, 2.05) is 19.1 Å². The van der Waals surface area contributed by atoms with Gasteiger partial charge in [-0.3, -0.25) is 0 Å². The van der Waals surface area contributed by atoms with Crippen LogP contribution in [0.25, 0.3) is 0 Å². The van der Waals surface area contributed by atoms with E-state index in [1.165, 1.54) is 0 Å². The lowest BCUT2D eigenvalue weighted by Crippen LogP contribution is -2.38. The summed E-state index contributed by atoms with van der Waals surface area (Å²) < 4.78 is 5.18. The zero-order valence-corrected chi connectivity index (χ0v) is 10.4. The highest BCUT2D eigenvalue weighted by Gasteiger charge is 2.17. The standard InChI is InChI=1S/C12H15ClN2O2/c1-8-2-3-11(10(13)6-8)15-12(16)14-9-4-5-17-7-9/h2-3,6,9H,4-5,7H2,1H3,(H2,14,15,16). The minimum atomic E-state index is -0.244. The van der Waals surface area contributed by atoms with Crippen molar-refractivity contribution in [3.63, 3.8) is 0 Å². The van der Waals surface area contributed by atoms with E-state index in [1.54, 1.807) is 6.07 Å². The fourth-order valence-electron chi connectivity index (χ4n) is 1.71. The third-order valence-electron chi connectivity index (χ3n) is 2.64. The van der Waals surface area contributed by atoms with E-state index in [2.05, 4.69) is 10.6 Å². The van der Waals surface area contributed by atoms with Gasteiger partial charge in [-0.2, -0.15) is 0 Å². The Morgan fingerprint density at radius 1 is 1.53 bits per heavy atom. The van der Waals surface area contributed by atoms with Gasteiger partial charge in [0, 0.05) is 6.61 Å². The number of rotatable bonds is 2. The molecule has 0 aromatic heterocycles. The summed E-state index contributed by atoms with van der Waals surface area (Å²) in [5.74, 6) is 0. The topological polar surface area (TPSA) is 50.4 Å². The summed E-state index contributed by atoms with van der Waals surface area (Å²) in [7, 11) is 0. The summed E-state index contributed by atoms with van der Waals surface area (Å²) in [6.45, 7) is 3.23. The van der Waals surface area contributed by atoms with Crippen LogP contribution in [0.4, 0.5) is 10.5 Å². The van der Waals surface area contributed by atoms with Crippen molar-refractivity contribution in [1.82, 2.24) is 5.32 Å². The molecule has 1 atom stereocenters. The number of carbonyl (C=O) groups is 1. The summed E-state index contributed by atoms with van der Waals surface area (Å²) in [5, 5.41) is 6.11. The SMILES string of the molecule is Cc1ccc(NC(=O)NC2CCOC2)c(Cl)c1. The molecule has 0 aliphatic carbocycles. The lowest BCUT2D eigenvalue weighted by Gasteiger charge is -2.12. The molecule has 0 bridgehead atoms. The van der Waals surface area contributed by atoms with E-state index < -0.39 is 0 Å². The van der Waals surface area contributed by atoms with Crippen LogP contribution < -0.4 is 10.6 Å². The van der Waals surface area contributed by atoms with E-state index in [0.29, 0.717) is 23.9 Å². The monoisotopic (exact) mass is 254 g/mol. The molecule has 2 N–H and O–H groups in total. The Bertz CT molecular complexity index is 417. The first-order chi connectivity index (χ1) is 8.15. The predicted molar refractivity (Wildman–Crippen MR) is 67.6 cm³/mol. The van der Waals surface area contributed by atoms with Gasteiger partial charge in [-0.1, -0.05) is 17.7 Å². The van der Waals surface area contributed by atoms with Crippen molar-refractivity contribution in [3.05, 3.63) is 28.8 Å².